The maximum absolute atomic E-state index is 12.4. The van der Waals surface area contributed by atoms with Crippen LogP contribution in [0.25, 0.3) is 11.1 Å². The molecule has 8 heteroatoms. The number of aromatic nitrogens is 1. The third-order valence-corrected chi connectivity index (χ3v) is 5.91. The summed E-state index contributed by atoms with van der Waals surface area (Å²) in [5.41, 5.74) is 2.38. The molecule has 0 bridgehead atoms. The molecule has 0 aliphatic heterocycles. The van der Waals surface area contributed by atoms with Crippen LogP contribution in [0.5, 0.6) is 0 Å². The topological polar surface area (TPSA) is 101 Å². The van der Waals surface area contributed by atoms with E-state index in [0.717, 1.165) is 18.7 Å². The molecule has 1 amide bonds. The van der Waals surface area contributed by atoms with Crippen LogP contribution in [-0.2, 0) is 10.0 Å². The van der Waals surface area contributed by atoms with Gasteiger partial charge in [0.2, 0.25) is 10.0 Å². The predicted molar refractivity (Wildman–Crippen MR) is 101 cm³/mol. The molecule has 1 aliphatic rings. The summed E-state index contributed by atoms with van der Waals surface area (Å²) >= 11 is 0. The molecule has 0 atom stereocenters. The van der Waals surface area contributed by atoms with Gasteiger partial charge >= 0.3 is 0 Å². The number of nitrogens with one attached hydrogen (secondary N) is 2. The third kappa shape index (κ3) is 3.72. The van der Waals surface area contributed by atoms with Crippen molar-refractivity contribution in [3.63, 3.8) is 0 Å². The molecule has 2 aromatic carbocycles. The number of amides is 1. The first-order chi connectivity index (χ1) is 13.0. The van der Waals surface area contributed by atoms with Crippen molar-refractivity contribution in [2.75, 3.05) is 11.9 Å². The maximum Gasteiger partial charge on any atom is 0.255 e. The Morgan fingerprint density at radius 2 is 1.93 bits per heavy atom. The van der Waals surface area contributed by atoms with Crippen LogP contribution in [0.4, 0.5) is 5.69 Å². The van der Waals surface area contributed by atoms with Gasteiger partial charge in [-0.1, -0.05) is 6.92 Å². The lowest BCUT2D eigenvalue weighted by molar-refractivity contribution is 0.102. The Labute approximate surface area is 156 Å². The van der Waals surface area contributed by atoms with E-state index in [9.17, 15) is 13.2 Å². The summed E-state index contributed by atoms with van der Waals surface area (Å²) < 4.78 is 32.0. The monoisotopic (exact) mass is 385 g/mol. The molecule has 1 aliphatic carbocycles. The molecule has 1 aromatic heterocycles. The Balaban J connectivity index is 1.50. The minimum absolute atomic E-state index is 0.123. The van der Waals surface area contributed by atoms with Crippen LogP contribution in [0.15, 0.2) is 51.8 Å². The van der Waals surface area contributed by atoms with E-state index in [-0.39, 0.29) is 10.8 Å². The smallest absolute Gasteiger partial charge is 0.255 e. The van der Waals surface area contributed by atoms with Gasteiger partial charge in [0.1, 0.15) is 5.52 Å². The van der Waals surface area contributed by atoms with Crippen molar-refractivity contribution in [1.82, 2.24) is 9.71 Å². The lowest BCUT2D eigenvalue weighted by Gasteiger charge is -2.07. The molecule has 0 radical (unpaired) electrons. The number of oxazole rings is 1. The Morgan fingerprint density at radius 3 is 2.59 bits per heavy atom. The average molecular weight is 385 g/mol. The van der Waals surface area contributed by atoms with E-state index in [1.54, 1.807) is 25.1 Å². The van der Waals surface area contributed by atoms with Crippen LogP contribution in [0.1, 0.15) is 41.9 Å². The zero-order chi connectivity index (χ0) is 19.0. The number of benzene rings is 2. The first-order valence-corrected chi connectivity index (χ1v) is 10.3. The van der Waals surface area contributed by atoms with Crippen molar-refractivity contribution in [3.8, 4) is 0 Å². The van der Waals surface area contributed by atoms with E-state index in [1.807, 2.05) is 0 Å². The summed E-state index contributed by atoms with van der Waals surface area (Å²) in [6, 6.07) is 11.1. The molecule has 7 nitrogen and oxygen atoms in total. The fourth-order valence-corrected chi connectivity index (χ4v) is 3.83. The van der Waals surface area contributed by atoms with Crippen LogP contribution < -0.4 is 10.0 Å². The second kappa shape index (κ2) is 6.79. The number of hydrogen-bond donors (Lipinski definition) is 2. The number of hydrogen-bond acceptors (Lipinski definition) is 5. The second-order valence-corrected chi connectivity index (χ2v) is 8.26. The van der Waals surface area contributed by atoms with Gasteiger partial charge in [0.25, 0.3) is 5.91 Å². The largest absolute Gasteiger partial charge is 0.440 e. The minimum atomic E-state index is -3.54. The van der Waals surface area contributed by atoms with E-state index < -0.39 is 10.0 Å². The van der Waals surface area contributed by atoms with Gasteiger partial charge in [0.15, 0.2) is 11.5 Å². The minimum Gasteiger partial charge on any atom is -0.440 e. The van der Waals surface area contributed by atoms with Gasteiger partial charge < -0.3 is 9.73 Å². The second-order valence-electron chi connectivity index (χ2n) is 6.49. The molecule has 1 heterocycles. The number of sulfonamides is 1. The van der Waals surface area contributed by atoms with Crippen molar-refractivity contribution < 1.29 is 17.6 Å². The summed E-state index contributed by atoms with van der Waals surface area (Å²) in [4.78, 5) is 17.0. The molecule has 0 saturated heterocycles. The van der Waals surface area contributed by atoms with Gasteiger partial charge in [-0.3, -0.25) is 4.79 Å². The Kier molecular flexibility index (Phi) is 4.45. The fourth-order valence-electron chi connectivity index (χ4n) is 2.79. The van der Waals surface area contributed by atoms with Crippen molar-refractivity contribution in [1.29, 1.82) is 0 Å². The molecule has 1 saturated carbocycles. The highest BCUT2D eigenvalue weighted by Crippen LogP contribution is 2.40. The van der Waals surface area contributed by atoms with Crippen LogP contribution in [-0.4, -0.2) is 25.9 Å². The number of carbonyl (C=O) groups excluding carboxylic acids is 1. The van der Waals surface area contributed by atoms with Gasteiger partial charge in [0, 0.05) is 23.7 Å². The number of rotatable bonds is 6. The number of anilines is 1. The first-order valence-electron chi connectivity index (χ1n) is 8.78. The molecule has 3 aromatic rings. The molecule has 0 unspecified atom stereocenters. The van der Waals surface area contributed by atoms with Gasteiger partial charge in [-0.25, -0.2) is 18.1 Å². The SMILES string of the molecule is CCNS(=O)(=O)c1ccc(C(=O)Nc2ccc3oc(C4CC4)nc3c2)cc1. The van der Waals surface area contributed by atoms with Crippen molar-refractivity contribution >= 4 is 32.7 Å². The fraction of sp³-hybridized carbons (Fsp3) is 0.263. The lowest BCUT2D eigenvalue weighted by Crippen LogP contribution is -2.23. The van der Waals surface area contributed by atoms with Crippen LogP contribution in [0.2, 0.25) is 0 Å². The average Bonchev–Trinajstić information content (AvgIpc) is 3.41. The molecule has 27 heavy (non-hydrogen) atoms. The normalized spacial score (nSPS) is 14.4. The zero-order valence-corrected chi connectivity index (χ0v) is 15.5. The highest BCUT2D eigenvalue weighted by atomic mass is 32.2. The van der Waals surface area contributed by atoms with Gasteiger partial charge in [0.05, 0.1) is 4.90 Å². The van der Waals surface area contributed by atoms with E-state index >= 15 is 0 Å². The lowest BCUT2D eigenvalue weighted by atomic mass is 10.2. The van der Waals surface area contributed by atoms with Crippen LogP contribution in [0, 0.1) is 0 Å². The highest BCUT2D eigenvalue weighted by molar-refractivity contribution is 7.89. The van der Waals surface area contributed by atoms with E-state index in [2.05, 4.69) is 15.0 Å². The number of carbonyl (C=O) groups is 1. The van der Waals surface area contributed by atoms with Crippen molar-refractivity contribution in [3.05, 3.63) is 53.9 Å². The molecular formula is C19H19N3O4S. The van der Waals surface area contributed by atoms with Crippen LogP contribution in [0.3, 0.4) is 0 Å². The van der Waals surface area contributed by atoms with Crippen molar-refractivity contribution in [2.45, 2.75) is 30.6 Å². The van der Waals surface area contributed by atoms with E-state index in [4.69, 9.17) is 4.42 Å². The first kappa shape index (κ1) is 17.7. The van der Waals surface area contributed by atoms with E-state index in [0.29, 0.717) is 34.8 Å². The van der Waals surface area contributed by atoms with Gasteiger partial charge in [-0.05, 0) is 55.3 Å². The number of fused-ring (bicyclic) bond motifs is 1. The molecular weight excluding hydrogens is 366 g/mol. The molecule has 140 valence electrons. The number of nitrogens with zero attached hydrogens (tertiary/aromatic N) is 1. The summed E-state index contributed by atoms with van der Waals surface area (Å²) in [5, 5.41) is 2.80. The Bertz CT molecular complexity index is 1100. The van der Waals surface area contributed by atoms with Crippen LogP contribution >= 0.6 is 0 Å². The molecule has 4 rings (SSSR count). The summed E-state index contributed by atoms with van der Waals surface area (Å²) in [7, 11) is -3.54. The molecule has 1 fully saturated rings. The summed E-state index contributed by atoms with van der Waals surface area (Å²) in [5.74, 6) is 0.853. The zero-order valence-electron chi connectivity index (χ0n) is 14.7. The summed E-state index contributed by atoms with van der Waals surface area (Å²) in [6.45, 7) is 2.01. The summed E-state index contributed by atoms with van der Waals surface area (Å²) in [6.07, 6.45) is 2.21. The Hall–Kier alpha value is -2.71. The van der Waals surface area contributed by atoms with E-state index in [1.165, 1.54) is 24.3 Å². The van der Waals surface area contributed by atoms with Gasteiger partial charge in [-0.2, -0.15) is 0 Å². The molecule has 2 N–H and O–H groups in total. The highest BCUT2D eigenvalue weighted by Gasteiger charge is 2.28. The molecule has 0 spiro atoms. The predicted octanol–water partition coefficient (Wildman–Crippen LogP) is 3.26. The third-order valence-electron chi connectivity index (χ3n) is 4.35. The maximum atomic E-state index is 12.4. The quantitative estimate of drug-likeness (QED) is 0.678. The Morgan fingerprint density at radius 1 is 1.19 bits per heavy atom. The van der Waals surface area contributed by atoms with Crippen molar-refractivity contribution in [2.24, 2.45) is 0 Å². The standard InChI is InChI=1S/C19H19N3O4S/c1-2-20-27(24,25)15-8-5-12(6-9-15)18(23)21-14-7-10-17-16(11-14)22-19(26-17)13-3-4-13/h5-11,13,20H,2-4H2,1H3,(H,21,23). The van der Waals surface area contributed by atoms with Gasteiger partial charge in [-0.15, -0.1) is 0 Å².